The molecule has 2 atom stereocenters. The number of rotatable bonds is 13. The number of hydrogen-bond acceptors (Lipinski definition) is 6. The van der Waals surface area contributed by atoms with Crippen LogP contribution in [0.4, 0.5) is 0 Å². The Kier molecular flexibility index (Phi) is 11.4. The first-order chi connectivity index (χ1) is 19.6. The smallest absolute Gasteiger partial charge is 0.246 e. The van der Waals surface area contributed by atoms with E-state index in [-0.39, 0.29) is 19.6 Å². The average Bonchev–Trinajstić information content (AvgIpc) is 2.94. The summed E-state index contributed by atoms with van der Waals surface area (Å²) in [7, 11) is 1.41. The minimum Gasteiger partial charge on any atom is -0.382 e. The van der Waals surface area contributed by atoms with Crippen LogP contribution >= 0.6 is 0 Å². The highest BCUT2D eigenvalue weighted by atomic mass is 16.7. The Morgan fingerprint density at radius 2 is 1.46 bits per heavy atom. The fourth-order valence-electron chi connectivity index (χ4n) is 4.05. The van der Waals surface area contributed by atoms with Crippen LogP contribution in [0.1, 0.15) is 38.3 Å². The van der Waals surface area contributed by atoms with Gasteiger partial charge in [0.2, 0.25) is 23.6 Å². The second-order valence-electron chi connectivity index (χ2n) is 10.6. The molecule has 0 spiro atoms. The molecule has 0 fully saturated rings. The summed E-state index contributed by atoms with van der Waals surface area (Å²) in [5.41, 5.74) is 3.32. The molecule has 0 aromatic heterocycles. The average molecular weight is 563 g/mol. The van der Waals surface area contributed by atoms with Gasteiger partial charge in [0.25, 0.3) is 0 Å². The number of fused-ring (bicyclic) bond motifs is 1. The summed E-state index contributed by atoms with van der Waals surface area (Å²) < 4.78 is 5.18. The molecule has 218 valence electrons. The fraction of sp³-hybridized carbons (Fsp3) is 0.355. The SMILES string of the molecule is COCC(NC(=O)C(CC(=O)NOC(C)(C)C)NC(=O)Cc1ccccc1)C(=O)NCc1cccc2ccccc12. The summed E-state index contributed by atoms with van der Waals surface area (Å²) >= 11 is 0. The Balaban J connectivity index is 1.69. The van der Waals surface area contributed by atoms with Crippen molar-refractivity contribution in [2.45, 2.75) is 57.8 Å². The van der Waals surface area contributed by atoms with E-state index in [1.807, 2.05) is 48.5 Å². The van der Waals surface area contributed by atoms with Crippen LogP contribution in [0.15, 0.2) is 72.8 Å². The first-order valence-electron chi connectivity index (χ1n) is 13.4. The molecule has 2 unspecified atom stereocenters. The number of carbonyl (C=O) groups excluding carboxylic acids is 4. The molecule has 0 saturated heterocycles. The normalized spacial score (nSPS) is 12.7. The van der Waals surface area contributed by atoms with E-state index in [4.69, 9.17) is 9.57 Å². The van der Waals surface area contributed by atoms with Gasteiger partial charge in [0.15, 0.2) is 0 Å². The van der Waals surface area contributed by atoms with Crippen molar-refractivity contribution >= 4 is 34.4 Å². The van der Waals surface area contributed by atoms with Crippen molar-refractivity contribution in [3.8, 4) is 0 Å². The van der Waals surface area contributed by atoms with E-state index >= 15 is 0 Å². The lowest BCUT2D eigenvalue weighted by molar-refractivity contribution is -0.147. The van der Waals surface area contributed by atoms with Gasteiger partial charge in [-0.1, -0.05) is 72.8 Å². The number of hydroxylamine groups is 1. The quantitative estimate of drug-likeness (QED) is 0.237. The molecule has 0 aliphatic carbocycles. The van der Waals surface area contributed by atoms with Crippen LogP contribution in [0.25, 0.3) is 10.8 Å². The second kappa shape index (κ2) is 14.9. The fourth-order valence-corrected chi connectivity index (χ4v) is 4.05. The molecule has 0 aliphatic rings. The van der Waals surface area contributed by atoms with Crippen molar-refractivity contribution in [1.82, 2.24) is 21.4 Å². The molecular weight excluding hydrogens is 524 g/mol. The van der Waals surface area contributed by atoms with E-state index in [0.717, 1.165) is 21.9 Å². The first kappa shape index (κ1) is 31.3. The zero-order valence-corrected chi connectivity index (χ0v) is 23.9. The van der Waals surface area contributed by atoms with E-state index < -0.39 is 47.7 Å². The van der Waals surface area contributed by atoms with Crippen LogP contribution < -0.4 is 21.4 Å². The third-order valence-electron chi connectivity index (χ3n) is 6.02. The van der Waals surface area contributed by atoms with Gasteiger partial charge < -0.3 is 20.7 Å². The zero-order chi connectivity index (χ0) is 29.8. The van der Waals surface area contributed by atoms with Crippen LogP contribution in [-0.4, -0.2) is 55.0 Å². The minimum absolute atomic E-state index is 0.0117. The topological polar surface area (TPSA) is 135 Å². The molecule has 0 heterocycles. The highest BCUT2D eigenvalue weighted by Crippen LogP contribution is 2.18. The first-order valence-corrected chi connectivity index (χ1v) is 13.4. The van der Waals surface area contributed by atoms with E-state index in [1.165, 1.54) is 7.11 Å². The van der Waals surface area contributed by atoms with Gasteiger partial charge in [-0.2, -0.15) is 0 Å². The maximum atomic E-state index is 13.3. The van der Waals surface area contributed by atoms with Gasteiger partial charge >= 0.3 is 0 Å². The lowest BCUT2D eigenvalue weighted by atomic mass is 10.0. The standard InChI is InChI=1S/C31H38N4O6/c1-31(2,3)41-35-28(37)18-25(33-27(36)17-21-11-6-5-7-12-21)30(39)34-26(20-40-4)29(38)32-19-23-15-10-14-22-13-8-9-16-24(22)23/h5-16,25-26H,17-20H2,1-4H3,(H,32,38)(H,33,36)(H,34,39)(H,35,37). The molecule has 0 bridgehead atoms. The minimum atomic E-state index is -1.26. The summed E-state index contributed by atoms with van der Waals surface area (Å²) in [5.74, 6) is -2.24. The van der Waals surface area contributed by atoms with Crippen LogP contribution in [-0.2, 0) is 41.7 Å². The molecule has 0 radical (unpaired) electrons. The molecule has 0 saturated carbocycles. The largest absolute Gasteiger partial charge is 0.382 e. The Bertz CT molecular complexity index is 1330. The molecular formula is C31H38N4O6. The predicted molar refractivity (Wildman–Crippen MR) is 155 cm³/mol. The Morgan fingerprint density at radius 1 is 0.780 bits per heavy atom. The van der Waals surface area contributed by atoms with Crippen LogP contribution in [0.2, 0.25) is 0 Å². The van der Waals surface area contributed by atoms with E-state index in [1.54, 1.807) is 45.0 Å². The number of methoxy groups -OCH3 is 1. The van der Waals surface area contributed by atoms with Crippen molar-refractivity contribution in [2.24, 2.45) is 0 Å². The molecule has 4 amide bonds. The summed E-state index contributed by atoms with van der Waals surface area (Å²) in [4.78, 5) is 57.1. The van der Waals surface area contributed by atoms with E-state index in [9.17, 15) is 19.2 Å². The van der Waals surface area contributed by atoms with Crippen molar-refractivity contribution in [2.75, 3.05) is 13.7 Å². The third kappa shape index (κ3) is 10.3. The Morgan fingerprint density at radius 3 is 2.17 bits per heavy atom. The highest BCUT2D eigenvalue weighted by Gasteiger charge is 2.29. The van der Waals surface area contributed by atoms with Gasteiger partial charge in [-0.15, -0.1) is 0 Å². The van der Waals surface area contributed by atoms with E-state index in [0.29, 0.717) is 0 Å². The highest BCUT2D eigenvalue weighted by molar-refractivity contribution is 5.95. The van der Waals surface area contributed by atoms with Crippen molar-refractivity contribution in [3.05, 3.63) is 83.9 Å². The lowest BCUT2D eigenvalue weighted by Gasteiger charge is -2.24. The van der Waals surface area contributed by atoms with Crippen molar-refractivity contribution in [3.63, 3.8) is 0 Å². The lowest BCUT2D eigenvalue weighted by Crippen LogP contribution is -2.56. The monoisotopic (exact) mass is 562 g/mol. The second-order valence-corrected chi connectivity index (χ2v) is 10.6. The zero-order valence-electron chi connectivity index (χ0n) is 23.9. The van der Waals surface area contributed by atoms with Gasteiger partial charge in [-0.05, 0) is 42.7 Å². The Hall–Kier alpha value is -4.28. The number of nitrogens with one attached hydrogen (secondary N) is 4. The molecule has 3 aromatic rings. The summed E-state index contributed by atoms with van der Waals surface area (Å²) in [6, 6.07) is 20.3. The van der Waals surface area contributed by atoms with Gasteiger partial charge in [0.1, 0.15) is 12.1 Å². The predicted octanol–water partition coefficient (Wildman–Crippen LogP) is 2.55. The number of benzene rings is 3. The molecule has 41 heavy (non-hydrogen) atoms. The van der Waals surface area contributed by atoms with Crippen LogP contribution in [0.3, 0.4) is 0 Å². The maximum absolute atomic E-state index is 13.3. The van der Waals surface area contributed by atoms with E-state index in [2.05, 4.69) is 21.4 Å². The summed E-state index contributed by atoms with van der Waals surface area (Å²) in [5, 5.41) is 10.1. The van der Waals surface area contributed by atoms with Crippen molar-refractivity contribution < 1.29 is 28.8 Å². The molecule has 3 rings (SSSR count). The third-order valence-corrected chi connectivity index (χ3v) is 6.02. The number of hydrogen-bond donors (Lipinski definition) is 4. The van der Waals surface area contributed by atoms with Gasteiger partial charge in [0, 0.05) is 13.7 Å². The summed E-state index contributed by atoms with van der Waals surface area (Å²) in [6.45, 7) is 5.39. The molecule has 4 N–H and O–H groups in total. The number of carbonyl (C=O) groups is 4. The Labute approximate surface area is 240 Å². The van der Waals surface area contributed by atoms with Crippen LogP contribution in [0.5, 0.6) is 0 Å². The number of ether oxygens (including phenoxy) is 1. The van der Waals surface area contributed by atoms with Gasteiger partial charge in [-0.25, -0.2) is 5.48 Å². The van der Waals surface area contributed by atoms with Crippen LogP contribution in [0, 0.1) is 0 Å². The maximum Gasteiger partial charge on any atom is 0.246 e. The summed E-state index contributed by atoms with van der Waals surface area (Å²) in [6.07, 6.45) is -0.391. The molecule has 0 aliphatic heterocycles. The molecule has 3 aromatic carbocycles. The number of amides is 4. The molecule has 10 nitrogen and oxygen atoms in total. The molecule has 10 heteroatoms. The van der Waals surface area contributed by atoms with Gasteiger partial charge in [0.05, 0.1) is 25.0 Å². The van der Waals surface area contributed by atoms with Crippen molar-refractivity contribution in [1.29, 1.82) is 0 Å². The van der Waals surface area contributed by atoms with Gasteiger partial charge in [-0.3, -0.25) is 24.0 Å².